The second kappa shape index (κ2) is 6.68. The fourth-order valence-corrected chi connectivity index (χ4v) is 1.12. The van der Waals surface area contributed by atoms with E-state index >= 15 is 0 Å². The highest BCUT2D eigenvalue weighted by atomic mass is 16.5. The Labute approximate surface area is 89.7 Å². The molecule has 1 rings (SSSR count). The molecular weight excluding hydrogens is 190 g/mol. The van der Waals surface area contributed by atoms with Gasteiger partial charge < -0.3 is 15.8 Å². The van der Waals surface area contributed by atoms with Crippen molar-refractivity contribution in [3.8, 4) is 11.8 Å². The lowest BCUT2D eigenvalue weighted by Gasteiger charge is -2.06. The van der Waals surface area contributed by atoms with Crippen LogP contribution in [0.15, 0.2) is 24.3 Å². The highest BCUT2D eigenvalue weighted by Crippen LogP contribution is 2.15. The number of rotatable bonds is 6. The summed E-state index contributed by atoms with van der Waals surface area (Å²) in [6, 6.07) is 9.43. The van der Waals surface area contributed by atoms with Gasteiger partial charge in [-0.05, 0) is 37.2 Å². The average molecular weight is 205 g/mol. The summed E-state index contributed by atoms with van der Waals surface area (Å²) in [6.07, 6.45) is 0.951. The van der Waals surface area contributed by atoms with E-state index in [1.54, 1.807) is 0 Å². The molecule has 80 valence electrons. The maximum absolute atomic E-state index is 8.33. The van der Waals surface area contributed by atoms with Crippen molar-refractivity contribution in [2.75, 3.05) is 25.0 Å². The van der Waals surface area contributed by atoms with E-state index in [2.05, 4.69) is 5.32 Å². The summed E-state index contributed by atoms with van der Waals surface area (Å²) in [6.45, 7) is 1.64. The van der Waals surface area contributed by atoms with Crippen molar-refractivity contribution < 1.29 is 4.74 Å². The van der Waals surface area contributed by atoms with Gasteiger partial charge in [0.2, 0.25) is 0 Å². The Kier molecular flexibility index (Phi) is 5.06. The van der Waals surface area contributed by atoms with Crippen LogP contribution in [0, 0.1) is 11.3 Å². The summed E-state index contributed by atoms with van der Waals surface area (Å²) in [5, 5.41) is 11.6. The normalized spacial score (nSPS) is 9.33. The first kappa shape index (κ1) is 11.3. The Balaban J connectivity index is 2.39. The Morgan fingerprint density at radius 3 is 2.67 bits per heavy atom. The minimum atomic E-state index is 0.0833. The van der Waals surface area contributed by atoms with Gasteiger partial charge in [-0.3, -0.25) is 0 Å². The van der Waals surface area contributed by atoms with E-state index in [4.69, 9.17) is 15.7 Å². The summed E-state index contributed by atoms with van der Waals surface area (Å²) in [7, 11) is 0. The topological polar surface area (TPSA) is 71.1 Å². The Morgan fingerprint density at radius 1 is 1.33 bits per heavy atom. The highest BCUT2D eigenvalue weighted by molar-refractivity contribution is 5.46. The molecule has 0 saturated heterocycles. The molecule has 0 atom stereocenters. The van der Waals surface area contributed by atoms with Crippen LogP contribution < -0.4 is 15.8 Å². The molecule has 0 spiro atoms. The van der Waals surface area contributed by atoms with Gasteiger partial charge in [-0.1, -0.05) is 0 Å². The molecule has 0 fully saturated rings. The van der Waals surface area contributed by atoms with Gasteiger partial charge in [-0.25, -0.2) is 0 Å². The Morgan fingerprint density at radius 2 is 2.07 bits per heavy atom. The molecule has 0 radical (unpaired) electrons. The van der Waals surface area contributed by atoms with Crippen molar-refractivity contribution in [2.24, 2.45) is 5.73 Å². The largest absolute Gasteiger partial charge is 0.479 e. The summed E-state index contributed by atoms with van der Waals surface area (Å²) in [5.41, 5.74) is 6.42. The second-order valence-electron chi connectivity index (χ2n) is 3.04. The van der Waals surface area contributed by atoms with Crippen LogP contribution in [0.4, 0.5) is 5.69 Å². The monoisotopic (exact) mass is 205 g/mol. The van der Waals surface area contributed by atoms with Crippen LogP contribution in [0.5, 0.6) is 5.75 Å². The standard InChI is InChI=1S/C11H15N3O/c12-6-1-8-14-10-2-4-11(5-3-10)15-9-7-13/h2-5,14H,1,6,8-9,12H2. The number of nitriles is 1. The third-order valence-electron chi connectivity index (χ3n) is 1.87. The lowest BCUT2D eigenvalue weighted by atomic mass is 10.3. The SMILES string of the molecule is N#CCOc1ccc(NCCCN)cc1. The van der Waals surface area contributed by atoms with Crippen molar-refractivity contribution in [1.29, 1.82) is 5.26 Å². The molecule has 0 heterocycles. The molecule has 3 N–H and O–H groups in total. The first-order valence-corrected chi connectivity index (χ1v) is 4.90. The lowest BCUT2D eigenvalue weighted by Crippen LogP contribution is -2.08. The average Bonchev–Trinajstić information content (AvgIpc) is 2.28. The Hall–Kier alpha value is -1.73. The molecule has 1 aromatic carbocycles. The molecular formula is C11H15N3O. The summed E-state index contributed by atoms with van der Waals surface area (Å²) in [4.78, 5) is 0. The maximum Gasteiger partial charge on any atom is 0.174 e. The minimum Gasteiger partial charge on any atom is -0.479 e. The first-order valence-electron chi connectivity index (χ1n) is 4.90. The molecule has 0 aliphatic rings. The van der Waals surface area contributed by atoms with Crippen molar-refractivity contribution >= 4 is 5.69 Å². The van der Waals surface area contributed by atoms with Gasteiger partial charge in [-0.2, -0.15) is 5.26 Å². The van der Waals surface area contributed by atoms with Crippen molar-refractivity contribution in [3.63, 3.8) is 0 Å². The fourth-order valence-electron chi connectivity index (χ4n) is 1.12. The second-order valence-corrected chi connectivity index (χ2v) is 3.04. The number of benzene rings is 1. The van der Waals surface area contributed by atoms with Gasteiger partial charge in [0.05, 0.1) is 0 Å². The predicted molar refractivity (Wildman–Crippen MR) is 59.7 cm³/mol. The van der Waals surface area contributed by atoms with E-state index < -0.39 is 0 Å². The Bertz CT molecular complexity index is 316. The minimum absolute atomic E-state index is 0.0833. The number of hydrogen-bond donors (Lipinski definition) is 2. The molecule has 4 nitrogen and oxygen atoms in total. The van der Waals surface area contributed by atoms with Crippen LogP contribution in [0.1, 0.15) is 6.42 Å². The van der Waals surface area contributed by atoms with Gasteiger partial charge >= 0.3 is 0 Å². The quantitative estimate of drug-likeness (QED) is 0.688. The number of ether oxygens (including phenoxy) is 1. The van der Waals surface area contributed by atoms with E-state index in [1.165, 1.54) is 0 Å². The van der Waals surface area contributed by atoms with Crippen molar-refractivity contribution in [2.45, 2.75) is 6.42 Å². The van der Waals surface area contributed by atoms with Crippen molar-refractivity contribution in [1.82, 2.24) is 0 Å². The molecule has 4 heteroatoms. The number of anilines is 1. The molecule has 0 aliphatic carbocycles. The van der Waals surface area contributed by atoms with Crippen molar-refractivity contribution in [3.05, 3.63) is 24.3 Å². The van der Waals surface area contributed by atoms with Gasteiger partial charge in [-0.15, -0.1) is 0 Å². The zero-order chi connectivity index (χ0) is 10.9. The zero-order valence-electron chi connectivity index (χ0n) is 8.57. The highest BCUT2D eigenvalue weighted by Gasteiger charge is 1.94. The number of nitrogens with one attached hydrogen (secondary N) is 1. The maximum atomic E-state index is 8.33. The zero-order valence-corrected chi connectivity index (χ0v) is 8.57. The summed E-state index contributed by atoms with van der Waals surface area (Å²) < 4.78 is 5.13. The molecule has 0 amide bonds. The lowest BCUT2D eigenvalue weighted by molar-refractivity contribution is 0.368. The predicted octanol–water partition coefficient (Wildman–Crippen LogP) is 1.35. The van der Waals surface area contributed by atoms with Crippen LogP contribution in [0.25, 0.3) is 0 Å². The van der Waals surface area contributed by atoms with Gasteiger partial charge in [0.15, 0.2) is 6.61 Å². The van der Waals surface area contributed by atoms with Crippen LogP contribution in [0.2, 0.25) is 0 Å². The van der Waals surface area contributed by atoms with E-state index in [9.17, 15) is 0 Å². The van der Waals surface area contributed by atoms with E-state index in [1.807, 2.05) is 30.3 Å². The number of hydrogen-bond acceptors (Lipinski definition) is 4. The smallest absolute Gasteiger partial charge is 0.174 e. The first-order chi connectivity index (χ1) is 7.36. The molecule has 0 aliphatic heterocycles. The molecule has 15 heavy (non-hydrogen) atoms. The van der Waals surface area contributed by atoms with Crippen LogP contribution >= 0.6 is 0 Å². The molecule has 0 saturated carbocycles. The van der Waals surface area contributed by atoms with E-state index in [-0.39, 0.29) is 6.61 Å². The molecule has 0 bridgehead atoms. The van der Waals surface area contributed by atoms with Gasteiger partial charge in [0.25, 0.3) is 0 Å². The molecule has 0 aromatic heterocycles. The van der Waals surface area contributed by atoms with Crippen LogP contribution in [-0.4, -0.2) is 19.7 Å². The summed E-state index contributed by atoms with van der Waals surface area (Å²) >= 11 is 0. The third kappa shape index (κ3) is 4.34. The fraction of sp³-hybridized carbons (Fsp3) is 0.364. The molecule has 1 aromatic rings. The van der Waals surface area contributed by atoms with Crippen LogP contribution in [0.3, 0.4) is 0 Å². The third-order valence-corrected chi connectivity index (χ3v) is 1.87. The summed E-state index contributed by atoms with van der Waals surface area (Å²) in [5.74, 6) is 0.709. The van der Waals surface area contributed by atoms with Gasteiger partial charge in [0.1, 0.15) is 11.8 Å². The van der Waals surface area contributed by atoms with Gasteiger partial charge in [0, 0.05) is 12.2 Å². The molecule has 0 unspecified atom stereocenters. The van der Waals surface area contributed by atoms with E-state index in [0.717, 1.165) is 18.7 Å². The number of nitrogens with zero attached hydrogens (tertiary/aromatic N) is 1. The van der Waals surface area contributed by atoms with Crippen LogP contribution in [-0.2, 0) is 0 Å². The van der Waals surface area contributed by atoms with E-state index in [0.29, 0.717) is 12.3 Å². The number of nitrogens with two attached hydrogens (primary N) is 1.